The molecule has 0 bridgehead atoms. The van der Waals surface area contributed by atoms with Gasteiger partial charge < -0.3 is 15.4 Å². The summed E-state index contributed by atoms with van der Waals surface area (Å²) >= 11 is 6.28. The number of halogens is 5. The standard InChI is InChI=1S/C24H21ClF4N4O3/c1-2-36-24(35)21-18(10-33-6-5-30-19(34)11-33)31-23(20-16(28)8-13(27)9-17(20)29)32-22(21)14-4-3-12(26)7-15(14)25/h3-4,7-9,22H,2,5-6,10-11H2,1H3,(H,30,34)(H,31,32). The SMILES string of the molecule is CCOC(=O)C1=C(CN2CCNC(=O)C2)NC(c2c(F)cc(F)cc2F)=NC1c1ccc(F)cc1Cl. The number of nitrogens with zero attached hydrogens (tertiary/aromatic N) is 2. The number of hydrogen-bond donors (Lipinski definition) is 2. The molecule has 1 saturated heterocycles. The first-order valence-corrected chi connectivity index (χ1v) is 11.4. The molecule has 2 N–H and O–H groups in total. The van der Waals surface area contributed by atoms with E-state index in [1.807, 2.05) is 0 Å². The topological polar surface area (TPSA) is 83.0 Å². The summed E-state index contributed by atoms with van der Waals surface area (Å²) in [5.41, 5.74) is -0.349. The lowest BCUT2D eigenvalue weighted by atomic mass is 9.94. The molecule has 1 amide bonds. The van der Waals surface area contributed by atoms with Crippen molar-refractivity contribution in [1.29, 1.82) is 0 Å². The molecule has 36 heavy (non-hydrogen) atoms. The van der Waals surface area contributed by atoms with Crippen LogP contribution in [0.1, 0.15) is 24.1 Å². The number of carbonyl (C=O) groups is 2. The van der Waals surface area contributed by atoms with Gasteiger partial charge in [-0.15, -0.1) is 0 Å². The molecular formula is C24H21ClF4N4O3. The van der Waals surface area contributed by atoms with Gasteiger partial charge in [0.05, 0.1) is 24.3 Å². The van der Waals surface area contributed by atoms with Gasteiger partial charge in [-0.3, -0.25) is 14.7 Å². The van der Waals surface area contributed by atoms with Crippen LogP contribution in [-0.2, 0) is 14.3 Å². The third kappa shape index (κ3) is 5.36. The zero-order chi connectivity index (χ0) is 26.0. The van der Waals surface area contributed by atoms with Gasteiger partial charge in [-0.1, -0.05) is 17.7 Å². The van der Waals surface area contributed by atoms with Crippen LogP contribution < -0.4 is 10.6 Å². The Balaban J connectivity index is 1.89. The molecule has 12 heteroatoms. The molecule has 0 saturated carbocycles. The molecule has 0 aromatic heterocycles. The third-order valence-corrected chi connectivity index (χ3v) is 5.95. The average molecular weight is 525 g/mol. The maximum atomic E-state index is 14.7. The number of hydrogen-bond acceptors (Lipinski definition) is 6. The first kappa shape index (κ1) is 25.6. The van der Waals surface area contributed by atoms with Crippen LogP contribution in [-0.4, -0.2) is 55.4 Å². The number of rotatable bonds is 6. The van der Waals surface area contributed by atoms with Crippen molar-refractivity contribution in [3.63, 3.8) is 0 Å². The first-order valence-electron chi connectivity index (χ1n) is 11.0. The molecule has 0 spiro atoms. The summed E-state index contributed by atoms with van der Waals surface area (Å²) in [4.78, 5) is 31.1. The van der Waals surface area contributed by atoms with Crippen molar-refractivity contribution in [2.24, 2.45) is 4.99 Å². The molecule has 2 aliphatic heterocycles. The van der Waals surface area contributed by atoms with Gasteiger partial charge in [0.15, 0.2) is 0 Å². The van der Waals surface area contributed by atoms with Crippen molar-refractivity contribution in [3.05, 3.63) is 81.0 Å². The quantitative estimate of drug-likeness (QED) is 0.448. The lowest BCUT2D eigenvalue weighted by Crippen LogP contribution is -2.50. The van der Waals surface area contributed by atoms with Crippen LogP contribution in [0.5, 0.6) is 0 Å². The molecule has 2 heterocycles. The Hall–Kier alpha value is -3.44. The molecule has 1 atom stereocenters. The molecule has 1 unspecified atom stereocenters. The van der Waals surface area contributed by atoms with Gasteiger partial charge in [0.1, 0.15) is 35.1 Å². The highest BCUT2D eigenvalue weighted by Gasteiger charge is 2.36. The van der Waals surface area contributed by atoms with E-state index in [-0.39, 0.29) is 53.3 Å². The summed E-state index contributed by atoms with van der Waals surface area (Å²) in [5.74, 6) is -5.56. The summed E-state index contributed by atoms with van der Waals surface area (Å²) in [7, 11) is 0. The second-order valence-corrected chi connectivity index (χ2v) is 8.50. The predicted molar refractivity (Wildman–Crippen MR) is 123 cm³/mol. The minimum absolute atomic E-state index is 0.00893. The zero-order valence-electron chi connectivity index (χ0n) is 19.0. The summed E-state index contributed by atoms with van der Waals surface area (Å²) in [6.45, 7) is 2.40. The smallest absolute Gasteiger partial charge is 0.338 e. The van der Waals surface area contributed by atoms with Gasteiger partial charge in [-0.2, -0.15) is 0 Å². The van der Waals surface area contributed by atoms with E-state index in [2.05, 4.69) is 15.6 Å². The van der Waals surface area contributed by atoms with E-state index >= 15 is 0 Å². The van der Waals surface area contributed by atoms with Gasteiger partial charge >= 0.3 is 5.97 Å². The van der Waals surface area contributed by atoms with E-state index in [1.54, 1.807) is 11.8 Å². The molecule has 2 aliphatic rings. The molecule has 1 fully saturated rings. The van der Waals surface area contributed by atoms with E-state index in [0.717, 1.165) is 12.1 Å². The fourth-order valence-electron chi connectivity index (χ4n) is 4.06. The number of amidine groups is 1. The van der Waals surface area contributed by atoms with E-state index in [4.69, 9.17) is 16.3 Å². The molecular weight excluding hydrogens is 504 g/mol. The molecule has 190 valence electrons. The minimum Gasteiger partial charge on any atom is -0.463 e. The van der Waals surface area contributed by atoms with Crippen molar-refractivity contribution >= 4 is 29.3 Å². The largest absolute Gasteiger partial charge is 0.463 e. The lowest BCUT2D eigenvalue weighted by Gasteiger charge is -2.32. The Morgan fingerprint density at radius 1 is 1.17 bits per heavy atom. The summed E-state index contributed by atoms with van der Waals surface area (Å²) < 4.78 is 62.0. The number of benzene rings is 2. The fraction of sp³-hybridized carbons (Fsp3) is 0.292. The molecule has 4 rings (SSSR count). The van der Waals surface area contributed by atoms with Crippen molar-refractivity contribution in [1.82, 2.24) is 15.5 Å². The number of aliphatic imine (C=N–C) groups is 1. The summed E-state index contributed by atoms with van der Waals surface area (Å²) in [5, 5.41) is 5.39. The second kappa shape index (κ2) is 10.7. The zero-order valence-corrected chi connectivity index (χ0v) is 19.8. The van der Waals surface area contributed by atoms with Crippen LogP contribution >= 0.6 is 11.6 Å². The number of amides is 1. The van der Waals surface area contributed by atoms with Crippen LogP contribution in [0.15, 0.2) is 46.6 Å². The Bertz CT molecular complexity index is 1260. The number of nitrogens with one attached hydrogen (secondary N) is 2. The van der Waals surface area contributed by atoms with Crippen molar-refractivity contribution < 1.29 is 31.9 Å². The maximum Gasteiger partial charge on any atom is 0.338 e. The number of esters is 1. The molecule has 2 aromatic carbocycles. The highest BCUT2D eigenvalue weighted by Crippen LogP contribution is 2.37. The Morgan fingerprint density at radius 3 is 2.53 bits per heavy atom. The van der Waals surface area contributed by atoms with Gasteiger partial charge in [0.25, 0.3) is 0 Å². The van der Waals surface area contributed by atoms with Crippen LogP contribution in [0, 0.1) is 23.3 Å². The third-order valence-electron chi connectivity index (χ3n) is 5.62. The minimum atomic E-state index is -1.24. The van der Waals surface area contributed by atoms with Gasteiger partial charge in [0.2, 0.25) is 5.91 Å². The van der Waals surface area contributed by atoms with E-state index < -0.39 is 40.8 Å². The Labute approximate surface area is 208 Å². The molecule has 0 radical (unpaired) electrons. The van der Waals surface area contributed by atoms with Crippen LogP contribution in [0.2, 0.25) is 5.02 Å². The molecule has 0 aliphatic carbocycles. The predicted octanol–water partition coefficient (Wildman–Crippen LogP) is 3.24. The Morgan fingerprint density at radius 2 is 1.89 bits per heavy atom. The van der Waals surface area contributed by atoms with E-state index in [1.165, 1.54) is 6.07 Å². The second-order valence-electron chi connectivity index (χ2n) is 8.09. The maximum absolute atomic E-state index is 14.7. The molecule has 2 aromatic rings. The first-order chi connectivity index (χ1) is 17.2. The van der Waals surface area contributed by atoms with E-state index in [0.29, 0.717) is 25.2 Å². The number of ether oxygens (including phenoxy) is 1. The van der Waals surface area contributed by atoms with Crippen molar-refractivity contribution in [2.75, 3.05) is 32.8 Å². The van der Waals surface area contributed by atoms with E-state index in [9.17, 15) is 27.2 Å². The fourth-order valence-corrected chi connectivity index (χ4v) is 4.33. The van der Waals surface area contributed by atoms with Crippen LogP contribution in [0.4, 0.5) is 17.6 Å². The summed E-state index contributed by atoms with van der Waals surface area (Å²) in [6, 6.07) is 3.19. The van der Waals surface area contributed by atoms with Gasteiger partial charge in [-0.25, -0.2) is 22.4 Å². The van der Waals surface area contributed by atoms with Gasteiger partial charge in [0, 0.05) is 48.1 Å². The summed E-state index contributed by atoms with van der Waals surface area (Å²) in [6.07, 6.45) is 0. The number of carbonyl (C=O) groups excluding carboxylic acids is 2. The van der Waals surface area contributed by atoms with Crippen molar-refractivity contribution in [3.8, 4) is 0 Å². The average Bonchev–Trinajstić information content (AvgIpc) is 2.78. The Kier molecular flexibility index (Phi) is 7.60. The van der Waals surface area contributed by atoms with Crippen molar-refractivity contribution in [2.45, 2.75) is 13.0 Å². The monoisotopic (exact) mass is 524 g/mol. The molecule has 7 nitrogen and oxygen atoms in total. The van der Waals surface area contributed by atoms with Crippen LogP contribution in [0.25, 0.3) is 0 Å². The highest BCUT2D eigenvalue weighted by atomic mass is 35.5. The lowest BCUT2D eigenvalue weighted by molar-refractivity contribution is -0.139. The van der Waals surface area contributed by atoms with Crippen LogP contribution in [0.3, 0.4) is 0 Å². The number of piperazine rings is 1. The normalized spacial score (nSPS) is 18.4. The highest BCUT2D eigenvalue weighted by molar-refractivity contribution is 6.31. The van der Waals surface area contributed by atoms with Gasteiger partial charge in [-0.05, 0) is 19.1 Å².